The van der Waals surface area contributed by atoms with Gasteiger partial charge in [0.1, 0.15) is 11.6 Å². The van der Waals surface area contributed by atoms with Crippen LogP contribution in [-0.2, 0) is 5.75 Å². The lowest BCUT2D eigenvalue weighted by atomic mass is 10.4. The van der Waals surface area contributed by atoms with Crippen molar-refractivity contribution in [2.24, 2.45) is 0 Å². The molecule has 3 heterocycles. The molecule has 0 aliphatic rings. The van der Waals surface area contributed by atoms with Crippen molar-refractivity contribution in [2.45, 2.75) is 17.8 Å². The lowest BCUT2D eigenvalue weighted by molar-refractivity contribution is 0.974. The molecule has 0 aliphatic carbocycles. The van der Waals surface area contributed by atoms with Crippen molar-refractivity contribution in [3.63, 3.8) is 0 Å². The molecule has 4 N–H and O–H groups in total. The van der Waals surface area contributed by atoms with E-state index >= 15 is 0 Å². The molecule has 9 heteroatoms. The Bertz CT molecular complexity index is 852. The first kappa shape index (κ1) is 13.8. The van der Waals surface area contributed by atoms with Crippen molar-refractivity contribution >= 4 is 39.7 Å². The molecule has 0 amide bonds. The van der Waals surface area contributed by atoms with Crippen LogP contribution in [0, 0.1) is 6.92 Å². The second kappa shape index (κ2) is 5.34. The topological polar surface area (TPSA) is 112 Å². The Hall–Kier alpha value is -2.13. The minimum atomic E-state index is -0.0812. The molecule has 21 heavy (non-hydrogen) atoms. The number of hydrogen-bond donors (Lipinski definition) is 2. The van der Waals surface area contributed by atoms with E-state index in [4.69, 9.17) is 11.5 Å². The van der Waals surface area contributed by atoms with Crippen molar-refractivity contribution in [2.75, 3.05) is 11.5 Å². The first-order valence-corrected chi connectivity index (χ1v) is 7.89. The van der Waals surface area contributed by atoms with Crippen molar-refractivity contribution in [3.8, 4) is 0 Å². The number of thiazole rings is 1. The van der Waals surface area contributed by atoms with Gasteiger partial charge in [0.25, 0.3) is 5.56 Å². The van der Waals surface area contributed by atoms with Crippen molar-refractivity contribution in [1.29, 1.82) is 0 Å². The Kier molecular flexibility index (Phi) is 3.52. The zero-order chi connectivity index (χ0) is 15.0. The van der Waals surface area contributed by atoms with E-state index in [-0.39, 0.29) is 5.56 Å². The average molecular weight is 320 g/mol. The monoisotopic (exact) mass is 320 g/mol. The number of nitrogen functional groups attached to an aromatic ring is 2. The third-order valence-corrected chi connectivity index (χ3v) is 4.55. The van der Waals surface area contributed by atoms with Crippen molar-refractivity contribution < 1.29 is 0 Å². The van der Waals surface area contributed by atoms with Gasteiger partial charge in [-0.25, -0.2) is 15.0 Å². The molecule has 0 atom stereocenters. The summed E-state index contributed by atoms with van der Waals surface area (Å²) in [4.78, 5) is 25.4. The number of nitrogens with two attached hydrogens (primary N) is 2. The summed E-state index contributed by atoms with van der Waals surface area (Å²) < 4.78 is 1.59. The molecule has 0 saturated heterocycles. The molecular weight excluding hydrogens is 308 g/mol. The number of anilines is 2. The molecule has 0 aliphatic heterocycles. The second-order valence-electron chi connectivity index (χ2n) is 4.37. The first-order valence-electron chi connectivity index (χ1n) is 6.02. The van der Waals surface area contributed by atoms with Gasteiger partial charge in [-0.15, -0.1) is 11.3 Å². The Morgan fingerprint density at radius 3 is 2.67 bits per heavy atom. The molecule has 3 rings (SSSR count). The van der Waals surface area contributed by atoms with Crippen LogP contribution >= 0.6 is 23.1 Å². The zero-order valence-corrected chi connectivity index (χ0v) is 12.7. The average Bonchev–Trinajstić information content (AvgIpc) is 2.77. The molecule has 0 fully saturated rings. The fourth-order valence-electron chi connectivity index (χ4n) is 1.84. The number of hydrogen-bond acceptors (Lipinski definition) is 8. The maximum atomic E-state index is 12.1. The number of aromatic nitrogens is 4. The predicted molar refractivity (Wildman–Crippen MR) is 84.5 cm³/mol. The molecule has 0 bridgehead atoms. The molecule has 0 aromatic carbocycles. The van der Waals surface area contributed by atoms with Crippen LogP contribution in [0.1, 0.15) is 11.4 Å². The maximum absolute atomic E-state index is 12.1. The van der Waals surface area contributed by atoms with E-state index in [9.17, 15) is 4.79 Å². The van der Waals surface area contributed by atoms with Gasteiger partial charge < -0.3 is 11.5 Å². The first-order chi connectivity index (χ1) is 10.0. The number of thioether (sulfide) groups is 1. The van der Waals surface area contributed by atoms with Gasteiger partial charge >= 0.3 is 0 Å². The highest BCUT2D eigenvalue weighted by molar-refractivity contribution is 7.98. The van der Waals surface area contributed by atoms with Crippen LogP contribution in [0.4, 0.5) is 11.6 Å². The lowest BCUT2D eigenvalue weighted by Gasteiger charge is -2.03. The fourth-order valence-corrected chi connectivity index (χ4v) is 3.50. The van der Waals surface area contributed by atoms with E-state index in [1.807, 2.05) is 12.3 Å². The van der Waals surface area contributed by atoms with E-state index in [1.54, 1.807) is 4.40 Å². The summed E-state index contributed by atoms with van der Waals surface area (Å²) >= 11 is 2.78. The van der Waals surface area contributed by atoms with E-state index < -0.39 is 0 Å². The molecular formula is C12H12N6OS2. The Morgan fingerprint density at radius 1 is 1.24 bits per heavy atom. The summed E-state index contributed by atoms with van der Waals surface area (Å²) in [5.41, 5.74) is 12.7. The number of fused-ring (bicyclic) bond motifs is 1. The highest BCUT2D eigenvalue weighted by Gasteiger charge is 2.08. The van der Waals surface area contributed by atoms with E-state index in [0.717, 1.165) is 5.69 Å². The highest BCUT2D eigenvalue weighted by Crippen LogP contribution is 2.21. The van der Waals surface area contributed by atoms with Crippen LogP contribution < -0.4 is 17.0 Å². The summed E-state index contributed by atoms with van der Waals surface area (Å²) in [6.45, 7) is 1.88. The van der Waals surface area contributed by atoms with Crippen LogP contribution in [0.15, 0.2) is 27.5 Å². The largest absolute Gasteiger partial charge is 0.383 e. The third-order valence-electron chi connectivity index (χ3n) is 2.72. The van der Waals surface area contributed by atoms with Gasteiger partial charge in [0.2, 0.25) is 0 Å². The molecule has 0 radical (unpaired) electrons. The zero-order valence-electron chi connectivity index (χ0n) is 11.1. The van der Waals surface area contributed by atoms with Gasteiger partial charge in [-0.2, -0.15) is 0 Å². The van der Waals surface area contributed by atoms with Crippen LogP contribution in [0.5, 0.6) is 0 Å². The van der Waals surface area contributed by atoms with Gasteiger partial charge in [0.15, 0.2) is 10.1 Å². The molecule has 3 aromatic rings. The number of nitrogens with zero attached hydrogens (tertiary/aromatic N) is 4. The van der Waals surface area contributed by atoms with Crippen molar-refractivity contribution in [3.05, 3.63) is 39.3 Å². The molecule has 0 saturated carbocycles. The summed E-state index contributed by atoms with van der Waals surface area (Å²) in [6.07, 6.45) is 0. The van der Waals surface area contributed by atoms with E-state index in [1.165, 1.54) is 35.2 Å². The predicted octanol–water partition coefficient (Wildman–Crippen LogP) is 1.31. The summed E-state index contributed by atoms with van der Waals surface area (Å²) in [7, 11) is 0. The van der Waals surface area contributed by atoms with Crippen molar-refractivity contribution in [1.82, 2.24) is 19.4 Å². The number of aryl methyl sites for hydroxylation is 1. The fraction of sp³-hybridized carbons (Fsp3) is 0.167. The molecule has 108 valence electrons. The van der Waals surface area contributed by atoms with E-state index in [0.29, 0.717) is 33.2 Å². The van der Waals surface area contributed by atoms with E-state index in [2.05, 4.69) is 15.0 Å². The smallest absolute Gasteiger partial charge is 0.258 e. The minimum Gasteiger partial charge on any atom is -0.383 e. The third kappa shape index (κ3) is 2.83. The Morgan fingerprint density at radius 2 is 1.95 bits per heavy atom. The Labute approximate surface area is 128 Å². The second-order valence-corrected chi connectivity index (χ2v) is 6.15. The van der Waals surface area contributed by atoms with Crippen LogP contribution in [-0.4, -0.2) is 19.4 Å². The van der Waals surface area contributed by atoms with Gasteiger partial charge in [0.05, 0.1) is 5.69 Å². The van der Waals surface area contributed by atoms with Gasteiger partial charge in [-0.3, -0.25) is 9.20 Å². The van der Waals surface area contributed by atoms with Gasteiger partial charge in [-0.05, 0) is 6.92 Å². The quantitative estimate of drug-likeness (QED) is 0.552. The molecule has 7 nitrogen and oxygen atoms in total. The van der Waals surface area contributed by atoms with Crippen LogP contribution in [0.25, 0.3) is 4.96 Å². The lowest BCUT2D eigenvalue weighted by Crippen LogP contribution is -2.14. The molecule has 0 unspecified atom stereocenters. The summed E-state index contributed by atoms with van der Waals surface area (Å²) in [6, 6.07) is 3.02. The Balaban J connectivity index is 1.86. The normalized spacial score (nSPS) is 11.1. The standard InChI is InChI=1S/C12H12N6OS2/c1-6-4-21-12-15-7(2-10(19)18(6)12)5-20-11-16-8(13)3-9(14)17-11/h2-4H,5H2,1H3,(H4,13,14,16,17). The summed E-state index contributed by atoms with van der Waals surface area (Å²) in [5.74, 6) is 1.12. The van der Waals surface area contributed by atoms with Gasteiger partial charge in [-0.1, -0.05) is 11.8 Å². The SMILES string of the molecule is Cc1csc2nc(CSc3nc(N)cc(N)n3)cc(=O)n12. The highest BCUT2D eigenvalue weighted by atomic mass is 32.2. The van der Waals surface area contributed by atoms with Crippen LogP contribution in [0.2, 0.25) is 0 Å². The molecule has 3 aromatic heterocycles. The summed E-state index contributed by atoms with van der Waals surface area (Å²) in [5, 5.41) is 2.37. The number of rotatable bonds is 3. The molecule has 0 spiro atoms. The minimum absolute atomic E-state index is 0.0812. The van der Waals surface area contributed by atoms with Gasteiger partial charge in [0, 0.05) is 29.0 Å². The van der Waals surface area contributed by atoms with Crippen LogP contribution in [0.3, 0.4) is 0 Å². The maximum Gasteiger partial charge on any atom is 0.258 e.